The second kappa shape index (κ2) is 20.3. The molecule has 0 saturated heterocycles. The van der Waals surface area contributed by atoms with E-state index in [4.69, 9.17) is 4.74 Å². The largest absolute Gasteiger partial charge is 0.435 e. The molecule has 0 saturated carbocycles. The van der Waals surface area contributed by atoms with Gasteiger partial charge in [0.15, 0.2) is 0 Å². The Kier molecular flexibility index (Phi) is 19.6. The summed E-state index contributed by atoms with van der Waals surface area (Å²) in [7, 11) is 0. The van der Waals surface area contributed by atoms with Gasteiger partial charge in [-0.3, -0.25) is 4.79 Å². The van der Waals surface area contributed by atoms with E-state index in [1.165, 1.54) is 83.5 Å². The third-order valence-corrected chi connectivity index (χ3v) is 4.50. The maximum atomic E-state index is 11.6. The van der Waals surface area contributed by atoms with E-state index < -0.39 is 0 Å². The summed E-state index contributed by atoms with van der Waals surface area (Å²) in [5.41, 5.74) is 0. The first kappa shape index (κ1) is 23.2. The number of ether oxygens (including phenoxy) is 1. The minimum Gasteiger partial charge on any atom is -0.435 e. The van der Waals surface area contributed by atoms with Crippen molar-refractivity contribution in [1.29, 1.82) is 0 Å². The molecule has 0 fully saturated rings. The van der Waals surface area contributed by atoms with Gasteiger partial charge in [0.1, 0.15) is 0 Å². The van der Waals surface area contributed by atoms with Gasteiger partial charge in [0, 0.05) is 6.42 Å². The molecule has 142 valence electrons. The molecule has 0 amide bonds. The van der Waals surface area contributed by atoms with Crippen LogP contribution in [-0.2, 0) is 9.53 Å². The van der Waals surface area contributed by atoms with E-state index in [9.17, 15) is 4.79 Å². The molecule has 0 aromatic rings. The van der Waals surface area contributed by atoms with Crippen LogP contribution in [0.25, 0.3) is 0 Å². The van der Waals surface area contributed by atoms with E-state index in [0.29, 0.717) is 6.42 Å². The lowest BCUT2D eigenvalue weighted by atomic mass is 10.1. The van der Waals surface area contributed by atoms with Crippen molar-refractivity contribution >= 4 is 5.97 Å². The van der Waals surface area contributed by atoms with Crippen LogP contribution in [0.15, 0.2) is 12.3 Å². The molecule has 0 rings (SSSR count). The Morgan fingerprint density at radius 1 is 0.667 bits per heavy atom. The predicted octanol–water partition coefficient (Wildman–Crippen LogP) is 7.71. The van der Waals surface area contributed by atoms with Crippen LogP contribution < -0.4 is 0 Å². The Morgan fingerprint density at radius 3 is 1.67 bits per heavy atom. The Labute approximate surface area is 151 Å². The standard InChI is InChI=1S/C22H42O2/c1-3-5-7-9-11-13-14-16-18-20-22(23)24-21-19-17-15-12-10-8-6-4-2/h19,21H,3-18,20H2,1-2H3. The number of hydrogen-bond donors (Lipinski definition) is 0. The van der Waals surface area contributed by atoms with Crippen molar-refractivity contribution in [1.82, 2.24) is 0 Å². The highest BCUT2D eigenvalue weighted by atomic mass is 16.5. The summed E-state index contributed by atoms with van der Waals surface area (Å²) >= 11 is 0. The van der Waals surface area contributed by atoms with Crippen LogP contribution in [0.4, 0.5) is 0 Å². The Morgan fingerprint density at radius 2 is 1.12 bits per heavy atom. The number of esters is 1. The molecule has 0 aromatic carbocycles. The van der Waals surface area contributed by atoms with Crippen LogP contribution in [0.2, 0.25) is 0 Å². The summed E-state index contributed by atoms with van der Waals surface area (Å²) in [6, 6.07) is 0. The summed E-state index contributed by atoms with van der Waals surface area (Å²) in [6.07, 6.45) is 24.5. The van der Waals surface area contributed by atoms with E-state index in [1.807, 2.05) is 6.08 Å². The number of hydrogen-bond acceptors (Lipinski definition) is 2. The van der Waals surface area contributed by atoms with Gasteiger partial charge in [-0.2, -0.15) is 0 Å². The molecule has 0 radical (unpaired) electrons. The fraction of sp³-hybridized carbons (Fsp3) is 0.864. The zero-order valence-electron chi connectivity index (χ0n) is 16.5. The smallest absolute Gasteiger partial charge is 0.310 e. The first-order valence-corrected chi connectivity index (χ1v) is 10.7. The third-order valence-electron chi connectivity index (χ3n) is 4.50. The third kappa shape index (κ3) is 19.3. The van der Waals surface area contributed by atoms with Crippen LogP contribution in [0, 0.1) is 0 Å². The van der Waals surface area contributed by atoms with Crippen LogP contribution in [-0.4, -0.2) is 5.97 Å². The topological polar surface area (TPSA) is 26.3 Å². The summed E-state index contributed by atoms with van der Waals surface area (Å²) < 4.78 is 5.14. The molecule has 0 heterocycles. The van der Waals surface area contributed by atoms with Gasteiger partial charge in [-0.25, -0.2) is 0 Å². The van der Waals surface area contributed by atoms with Crippen LogP contribution in [0.1, 0.15) is 123 Å². The SMILES string of the molecule is CCCCCCCCC=COC(=O)CCCCCCCCCCC. The average Bonchev–Trinajstić information content (AvgIpc) is 2.59. The van der Waals surface area contributed by atoms with Crippen molar-refractivity contribution < 1.29 is 9.53 Å². The molecule has 0 bridgehead atoms. The number of carbonyl (C=O) groups excluding carboxylic acids is 1. The predicted molar refractivity (Wildman–Crippen MR) is 105 cm³/mol. The second-order valence-electron chi connectivity index (χ2n) is 7.00. The Balaban J connectivity index is 3.24. The first-order valence-electron chi connectivity index (χ1n) is 10.7. The molecule has 2 nitrogen and oxygen atoms in total. The minimum atomic E-state index is -0.0721. The Hall–Kier alpha value is -0.790. The van der Waals surface area contributed by atoms with Gasteiger partial charge >= 0.3 is 5.97 Å². The summed E-state index contributed by atoms with van der Waals surface area (Å²) in [5.74, 6) is -0.0721. The van der Waals surface area contributed by atoms with E-state index >= 15 is 0 Å². The van der Waals surface area contributed by atoms with Crippen molar-refractivity contribution in [2.45, 2.75) is 123 Å². The highest BCUT2D eigenvalue weighted by Crippen LogP contribution is 2.11. The number of allylic oxidation sites excluding steroid dienone is 1. The van der Waals surface area contributed by atoms with Crippen molar-refractivity contribution in [2.24, 2.45) is 0 Å². The first-order chi connectivity index (χ1) is 11.8. The van der Waals surface area contributed by atoms with E-state index in [0.717, 1.165) is 19.3 Å². The summed E-state index contributed by atoms with van der Waals surface area (Å²) in [6.45, 7) is 4.49. The van der Waals surface area contributed by atoms with Crippen molar-refractivity contribution in [3.05, 3.63) is 12.3 Å². The Bertz CT molecular complexity index is 284. The van der Waals surface area contributed by atoms with E-state index in [2.05, 4.69) is 13.8 Å². The summed E-state index contributed by atoms with van der Waals surface area (Å²) in [4.78, 5) is 11.6. The molecule has 0 spiro atoms. The van der Waals surface area contributed by atoms with Crippen molar-refractivity contribution in [2.75, 3.05) is 0 Å². The zero-order chi connectivity index (χ0) is 17.7. The minimum absolute atomic E-state index is 0.0721. The molecule has 0 aliphatic heterocycles. The van der Waals surface area contributed by atoms with E-state index in [-0.39, 0.29) is 5.97 Å². The number of carbonyl (C=O) groups is 1. The molecule has 0 aliphatic carbocycles. The highest BCUT2D eigenvalue weighted by Gasteiger charge is 2.00. The van der Waals surface area contributed by atoms with Crippen LogP contribution in [0.3, 0.4) is 0 Å². The number of rotatable bonds is 18. The fourth-order valence-corrected chi connectivity index (χ4v) is 2.87. The number of unbranched alkanes of at least 4 members (excludes halogenated alkanes) is 14. The average molecular weight is 339 g/mol. The quantitative estimate of drug-likeness (QED) is 0.145. The molecular weight excluding hydrogens is 296 g/mol. The van der Waals surface area contributed by atoms with Gasteiger partial charge in [0.2, 0.25) is 0 Å². The van der Waals surface area contributed by atoms with Crippen LogP contribution >= 0.6 is 0 Å². The second-order valence-corrected chi connectivity index (χ2v) is 7.00. The van der Waals surface area contributed by atoms with Gasteiger partial charge in [-0.1, -0.05) is 97.3 Å². The van der Waals surface area contributed by atoms with Gasteiger partial charge < -0.3 is 4.74 Å². The van der Waals surface area contributed by atoms with Crippen molar-refractivity contribution in [3.63, 3.8) is 0 Å². The van der Waals surface area contributed by atoms with Gasteiger partial charge in [-0.05, 0) is 25.3 Å². The zero-order valence-corrected chi connectivity index (χ0v) is 16.5. The molecule has 2 heteroatoms. The van der Waals surface area contributed by atoms with Crippen LogP contribution in [0.5, 0.6) is 0 Å². The lowest BCUT2D eigenvalue weighted by Crippen LogP contribution is -1.98. The highest BCUT2D eigenvalue weighted by molar-refractivity contribution is 5.69. The molecule has 0 atom stereocenters. The molecule has 0 aromatic heterocycles. The van der Waals surface area contributed by atoms with E-state index in [1.54, 1.807) is 6.26 Å². The molecule has 24 heavy (non-hydrogen) atoms. The van der Waals surface area contributed by atoms with Gasteiger partial charge in [0.05, 0.1) is 6.26 Å². The molecule has 0 aliphatic rings. The molecular formula is C22H42O2. The van der Waals surface area contributed by atoms with Gasteiger partial charge in [0.25, 0.3) is 0 Å². The maximum absolute atomic E-state index is 11.6. The van der Waals surface area contributed by atoms with Gasteiger partial charge in [-0.15, -0.1) is 0 Å². The lowest BCUT2D eigenvalue weighted by Gasteiger charge is -2.02. The molecule has 0 unspecified atom stereocenters. The monoisotopic (exact) mass is 338 g/mol. The molecule has 0 N–H and O–H groups in total. The summed E-state index contributed by atoms with van der Waals surface area (Å²) in [5, 5.41) is 0. The normalized spacial score (nSPS) is 11.2. The lowest BCUT2D eigenvalue weighted by molar-refractivity contribution is -0.138. The maximum Gasteiger partial charge on any atom is 0.310 e. The van der Waals surface area contributed by atoms with Crippen molar-refractivity contribution in [3.8, 4) is 0 Å². The fourth-order valence-electron chi connectivity index (χ4n) is 2.87.